The van der Waals surface area contributed by atoms with Crippen LogP contribution in [0, 0.1) is 0 Å². The van der Waals surface area contributed by atoms with Gasteiger partial charge < -0.3 is 5.32 Å². The van der Waals surface area contributed by atoms with Gasteiger partial charge in [0.2, 0.25) is 0 Å². The summed E-state index contributed by atoms with van der Waals surface area (Å²) in [6, 6.07) is 23.1. The van der Waals surface area contributed by atoms with E-state index in [2.05, 4.69) is 22.4 Å². The molecule has 0 unspecified atom stereocenters. The average Bonchev–Trinajstić information content (AvgIpc) is 2.84. The Hall–Kier alpha value is -3.73. The number of hydrogen-bond acceptors (Lipinski definition) is 3. The predicted octanol–water partition coefficient (Wildman–Crippen LogP) is 5.89. The highest BCUT2D eigenvalue weighted by molar-refractivity contribution is 6.04. The number of unbranched alkanes of at least 4 members (excludes halogenated alkanes) is 3. The largest absolute Gasteiger partial charge is 0.322 e. The molecule has 0 atom stereocenters. The van der Waals surface area contributed by atoms with E-state index in [1.165, 1.54) is 31.2 Å². The highest BCUT2D eigenvalue weighted by Gasteiger charge is 2.09. The number of aromatic nitrogens is 2. The lowest BCUT2D eigenvalue weighted by Gasteiger charge is -2.09. The smallest absolute Gasteiger partial charge is 0.272 e. The number of amides is 1. The maximum atomic E-state index is 12.7. The Morgan fingerprint density at radius 1 is 0.879 bits per heavy atom. The fourth-order valence-corrected chi connectivity index (χ4v) is 4.04. The fraction of sp³-hybridized carbons (Fsp3) is 0.250. The molecule has 3 aromatic carbocycles. The monoisotopic (exact) mass is 439 g/mol. The Labute approximate surface area is 193 Å². The molecule has 1 heterocycles. The molecule has 0 aliphatic heterocycles. The number of nitrogens with zero attached hydrogens (tertiary/aromatic N) is 1. The minimum atomic E-state index is -0.192. The molecule has 0 spiro atoms. The van der Waals surface area contributed by atoms with Gasteiger partial charge in [0, 0.05) is 23.1 Å². The Kier molecular flexibility index (Phi) is 7.30. The first-order valence-corrected chi connectivity index (χ1v) is 11.6. The minimum absolute atomic E-state index is 0.128. The van der Waals surface area contributed by atoms with Crippen molar-refractivity contribution in [2.45, 2.75) is 45.4 Å². The second-order valence-corrected chi connectivity index (χ2v) is 8.38. The van der Waals surface area contributed by atoms with Gasteiger partial charge in [-0.3, -0.25) is 9.59 Å². The molecule has 4 aromatic rings. The Morgan fingerprint density at radius 3 is 2.45 bits per heavy atom. The van der Waals surface area contributed by atoms with Gasteiger partial charge in [-0.1, -0.05) is 68.7 Å². The Bertz CT molecular complexity index is 1290. The van der Waals surface area contributed by atoms with Crippen LogP contribution in [0.4, 0.5) is 5.69 Å². The Balaban J connectivity index is 1.43. The van der Waals surface area contributed by atoms with E-state index in [0.717, 1.165) is 28.8 Å². The lowest BCUT2D eigenvalue weighted by atomic mass is 10.0. The van der Waals surface area contributed by atoms with Gasteiger partial charge in [0.25, 0.3) is 11.5 Å². The fourth-order valence-electron chi connectivity index (χ4n) is 4.04. The zero-order chi connectivity index (χ0) is 23.0. The zero-order valence-electron chi connectivity index (χ0n) is 18.9. The van der Waals surface area contributed by atoms with Crippen LogP contribution in [0.2, 0.25) is 0 Å². The van der Waals surface area contributed by atoms with Crippen molar-refractivity contribution in [3.63, 3.8) is 0 Å². The summed E-state index contributed by atoms with van der Waals surface area (Å²) in [7, 11) is 0. The molecule has 4 rings (SSSR count). The van der Waals surface area contributed by atoms with Gasteiger partial charge in [0.05, 0.1) is 11.1 Å². The van der Waals surface area contributed by atoms with Crippen molar-refractivity contribution < 1.29 is 4.79 Å². The lowest BCUT2D eigenvalue weighted by molar-refractivity contribution is 0.102. The lowest BCUT2D eigenvalue weighted by Crippen LogP contribution is -2.12. The number of benzene rings is 3. The normalized spacial score (nSPS) is 10.9. The van der Waals surface area contributed by atoms with Crippen molar-refractivity contribution in [3.8, 4) is 0 Å². The molecule has 1 amide bonds. The van der Waals surface area contributed by atoms with Crippen molar-refractivity contribution in [1.29, 1.82) is 0 Å². The second-order valence-electron chi connectivity index (χ2n) is 8.38. The van der Waals surface area contributed by atoms with Crippen molar-refractivity contribution in [3.05, 3.63) is 106 Å². The molecule has 0 radical (unpaired) electrons. The van der Waals surface area contributed by atoms with Gasteiger partial charge in [0.15, 0.2) is 0 Å². The van der Waals surface area contributed by atoms with Crippen LogP contribution in [0.15, 0.2) is 77.6 Å². The SMILES string of the molecule is CCCCCCc1ccc(C(=O)Nc2cccc(Cc3n[nH]c(=O)c4ccccc34)c2)cc1. The quantitative estimate of drug-likeness (QED) is 0.319. The molecule has 0 fully saturated rings. The van der Waals surface area contributed by atoms with Crippen LogP contribution in [0.5, 0.6) is 0 Å². The summed E-state index contributed by atoms with van der Waals surface area (Å²) >= 11 is 0. The number of hydrogen-bond donors (Lipinski definition) is 2. The van der Waals surface area contributed by atoms with Crippen LogP contribution >= 0.6 is 0 Å². The molecule has 0 saturated carbocycles. The molecule has 5 heteroatoms. The summed E-state index contributed by atoms with van der Waals surface area (Å²) in [6.45, 7) is 2.21. The van der Waals surface area contributed by atoms with Crippen LogP contribution in [0.25, 0.3) is 10.8 Å². The van der Waals surface area contributed by atoms with Crippen molar-refractivity contribution in [2.24, 2.45) is 0 Å². The van der Waals surface area contributed by atoms with Crippen molar-refractivity contribution >= 4 is 22.4 Å². The zero-order valence-corrected chi connectivity index (χ0v) is 18.9. The maximum Gasteiger partial charge on any atom is 0.272 e. The van der Waals surface area contributed by atoms with Crippen LogP contribution in [-0.2, 0) is 12.8 Å². The van der Waals surface area contributed by atoms with Crippen LogP contribution in [0.3, 0.4) is 0 Å². The number of anilines is 1. The average molecular weight is 440 g/mol. The summed E-state index contributed by atoms with van der Waals surface area (Å²) in [5, 5.41) is 11.3. The minimum Gasteiger partial charge on any atom is -0.322 e. The molecule has 168 valence electrons. The molecule has 1 aromatic heterocycles. The molecule has 0 saturated heterocycles. The summed E-state index contributed by atoms with van der Waals surface area (Å²) in [4.78, 5) is 24.8. The highest BCUT2D eigenvalue weighted by Crippen LogP contribution is 2.19. The molecular weight excluding hydrogens is 410 g/mol. The third kappa shape index (κ3) is 5.75. The first-order valence-electron chi connectivity index (χ1n) is 11.6. The number of H-pyrrole nitrogens is 1. The molecule has 33 heavy (non-hydrogen) atoms. The first-order chi connectivity index (χ1) is 16.1. The molecule has 2 N–H and O–H groups in total. The number of aryl methyl sites for hydroxylation is 1. The number of rotatable bonds is 9. The molecule has 0 aliphatic rings. The van der Waals surface area contributed by atoms with E-state index in [9.17, 15) is 9.59 Å². The van der Waals surface area contributed by atoms with Gasteiger partial charge in [-0.05, 0) is 54.3 Å². The number of carbonyl (C=O) groups excluding carboxylic acids is 1. The summed E-state index contributed by atoms with van der Waals surface area (Å²) in [6.07, 6.45) is 6.54. The van der Waals surface area contributed by atoms with Gasteiger partial charge in [-0.15, -0.1) is 0 Å². The Morgan fingerprint density at radius 2 is 1.67 bits per heavy atom. The van der Waals surface area contributed by atoms with E-state index in [-0.39, 0.29) is 11.5 Å². The molecule has 0 aliphatic carbocycles. The topological polar surface area (TPSA) is 74.8 Å². The summed E-state index contributed by atoms with van der Waals surface area (Å²) in [5.41, 5.74) is 4.25. The number of carbonyl (C=O) groups is 1. The van der Waals surface area contributed by atoms with Gasteiger partial charge in [0.1, 0.15) is 0 Å². The van der Waals surface area contributed by atoms with Gasteiger partial charge in [-0.25, -0.2) is 5.10 Å². The highest BCUT2D eigenvalue weighted by atomic mass is 16.1. The first kappa shape index (κ1) is 22.5. The van der Waals surface area contributed by atoms with Gasteiger partial charge in [-0.2, -0.15) is 5.10 Å². The number of fused-ring (bicyclic) bond motifs is 1. The standard InChI is InChI=1S/C28H29N3O2/c1-2-3-4-5-9-20-14-16-22(17-15-20)27(32)29-23-11-8-10-21(18-23)19-26-24-12-6-7-13-25(24)28(33)31-30-26/h6-8,10-18H,2-5,9,19H2,1H3,(H,29,32)(H,31,33). The second kappa shape index (κ2) is 10.7. The van der Waals surface area contributed by atoms with E-state index in [1.54, 1.807) is 6.07 Å². The number of nitrogens with one attached hydrogen (secondary N) is 2. The number of aromatic amines is 1. The van der Waals surface area contributed by atoms with E-state index in [4.69, 9.17) is 0 Å². The summed E-state index contributed by atoms with van der Waals surface area (Å²) < 4.78 is 0. The van der Waals surface area contributed by atoms with Crippen LogP contribution in [-0.4, -0.2) is 16.1 Å². The third-order valence-electron chi connectivity index (χ3n) is 5.87. The van der Waals surface area contributed by atoms with Crippen molar-refractivity contribution in [1.82, 2.24) is 10.2 Å². The van der Waals surface area contributed by atoms with Crippen LogP contribution < -0.4 is 10.9 Å². The van der Waals surface area contributed by atoms with Crippen LogP contribution in [0.1, 0.15) is 59.8 Å². The molecule has 0 bridgehead atoms. The molecule has 5 nitrogen and oxygen atoms in total. The summed E-state index contributed by atoms with van der Waals surface area (Å²) in [5.74, 6) is -0.128. The molecular formula is C28H29N3O2. The predicted molar refractivity (Wildman–Crippen MR) is 134 cm³/mol. The van der Waals surface area contributed by atoms with E-state index in [1.807, 2.05) is 66.7 Å². The van der Waals surface area contributed by atoms with E-state index in [0.29, 0.717) is 17.4 Å². The van der Waals surface area contributed by atoms with E-state index >= 15 is 0 Å². The van der Waals surface area contributed by atoms with Crippen molar-refractivity contribution in [2.75, 3.05) is 5.32 Å². The maximum absolute atomic E-state index is 12.7. The van der Waals surface area contributed by atoms with E-state index < -0.39 is 0 Å². The third-order valence-corrected chi connectivity index (χ3v) is 5.87. The van der Waals surface area contributed by atoms with Gasteiger partial charge >= 0.3 is 0 Å².